The van der Waals surface area contributed by atoms with E-state index in [0.29, 0.717) is 18.2 Å². The Morgan fingerprint density at radius 3 is 2.57 bits per heavy atom. The van der Waals surface area contributed by atoms with Crippen molar-refractivity contribution in [2.24, 2.45) is 11.1 Å². The van der Waals surface area contributed by atoms with Gasteiger partial charge in [-0.2, -0.15) is 0 Å². The highest BCUT2D eigenvalue weighted by Gasteiger charge is 2.45. The van der Waals surface area contributed by atoms with Gasteiger partial charge in [0.15, 0.2) is 5.78 Å². The van der Waals surface area contributed by atoms with Crippen LogP contribution >= 0.6 is 0 Å². The van der Waals surface area contributed by atoms with Crippen LogP contribution < -0.4 is 5.73 Å². The highest BCUT2D eigenvalue weighted by Crippen LogP contribution is 2.48. The maximum atomic E-state index is 14.7. The summed E-state index contributed by atoms with van der Waals surface area (Å²) in [4.78, 5) is 25.7. The Morgan fingerprint density at radius 1 is 1.29 bits per heavy atom. The number of carbonyl (C=O) groups is 2. The van der Waals surface area contributed by atoms with Gasteiger partial charge in [0.2, 0.25) is 5.88 Å². The molecular weight excluding hydrogens is 368 g/mol. The van der Waals surface area contributed by atoms with Crippen molar-refractivity contribution < 1.29 is 27.8 Å². The van der Waals surface area contributed by atoms with Crippen LogP contribution in [0.2, 0.25) is 0 Å². The van der Waals surface area contributed by atoms with Gasteiger partial charge in [-0.05, 0) is 25.3 Å². The lowest BCUT2D eigenvalue weighted by Gasteiger charge is -2.38. The SMILES string of the molecule is CC(C)OC(=O)C1=C(N)OC2=C(C(=O)CC(C)(C)C2)[C@H]1c1ccc(F)cc1F. The Hall–Kier alpha value is -2.70. The normalized spacial score (nSPS) is 21.5. The lowest BCUT2D eigenvalue weighted by molar-refractivity contribution is -0.143. The number of esters is 1. The second kappa shape index (κ2) is 7.04. The summed E-state index contributed by atoms with van der Waals surface area (Å²) in [6.45, 7) is 7.14. The molecule has 0 unspecified atom stereocenters. The quantitative estimate of drug-likeness (QED) is 0.792. The first kappa shape index (κ1) is 20.0. The van der Waals surface area contributed by atoms with E-state index in [4.69, 9.17) is 15.2 Å². The van der Waals surface area contributed by atoms with Crippen molar-refractivity contribution in [2.75, 3.05) is 0 Å². The highest BCUT2D eigenvalue weighted by atomic mass is 19.1. The number of halogens is 2. The van der Waals surface area contributed by atoms with Gasteiger partial charge in [-0.1, -0.05) is 19.9 Å². The molecule has 0 fully saturated rings. The van der Waals surface area contributed by atoms with E-state index in [1.807, 2.05) is 13.8 Å². The van der Waals surface area contributed by atoms with E-state index < -0.39 is 29.6 Å². The van der Waals surface area contributed by atoms with E-state index >= 15 is 0 Å². The van der Waals surface area contributed by atoms with Gasteiger partial charge >= 0.3 is 5.97 Å². The molecule has 3 rings (SSSR count). The van der Waals surface area contributed by atoms with Crippen LogP contribution in [0.1, 0.15) is 52.0 Å². The molecule has 1 aliphatic carbocycles. The molecule has 0 bridgehead atoms. The van der Waals surface area contributed by atoms with E-state index in [-0.39, 0.29) is 40.2 Å². The second-order valence-electron chi connectivity index (χ2n) is 8.21. The maximum absolute atomic E-state index is 14.7. The van der Waals surface area contributed by atoms with Crippen molar-refractivity contribution in [3.8, 4) is 0 Å². The third-order valence-electron chi connectivity index (χ3n) is 4.79. The van der Waals surface area contributed by atoms with Gasteiger partial charge in [0, 0.05) is 30.0 Å². The van der Waals surface area contributed by atoms with Crippen LogP contribution in [0.3, 0.4) is 0 Å². The molecule has 7 heteroatoms. The summed E-state index contributed by atoms with van der Waals surface area (Å²) in [6, 6.07) is 3.00. The zero-order chi connectivity index (χ0) is 20.8. The minimum atomic E-state index is -1.11. The molecule has 1 atom stereocenters. The van der Waals surface area contributed by atoms with E-state index in [2.05, 4.69) is 0 Å². The molecule has 5 nitrogen and oxygen atoms in total. The van der Waals surface area contributed by atoms with Gasteiger partial charge in [0.1, 0.15) is 23.0 Å². The molecule has 150 valence electrons. The molecule has 0 amide bonds. The minimum absolute atomic E-state index is 0.0242. The number of hydrogen-bond donors (Lipinski definition) is 1. The molecule has 0 saturated heterocycles. The van der Waals surface area contributed by atoms with Gasteiger partial charge in [-0.25, -0.2) is 13.6 Å². The summed E-state index contributed by atoms with van der Waals surface area (Å²) in [5.74, 6) is -3.73. The number of Topliss-reactive ketones (excluding diaryl/α,β-unsaturated/α-hetero) is 1. The van der Waals surface area contributed by atoms with Gasteiger partial charge < -0.3 is 15.2 Å². The smallest absolute Gasteiger partial charge is 0.340 e. The lowest BCUT2D eigenvalue weighted by atomic mass is 9.70. The largest absolute Gasteiger partial charge is 0.459 e. The van der Waals surface area contributed by atoms with Gasteiger partial charge in [0.05, 0.1) is 12.0 Å². The van der Waals surface area contributed by atoms with E-state index in [9.17, 15) is 18.4 Å². The molecule has 1 aromatic rings. The predicted octanol–water partition coefficient (Wildman–Crippen LogP) is 3.84. The minimum Gasteiger partial charge on any atom is -0.459 e. The zero-order valence-electron chi connectivity index (χ0n) is 16.3. The third-order valence-corrected chi connectivity index (χ3v) is 4.79. The molecular formula is C21H23F2NO4. The topological polar surface area (TPSA) is 78.6 Å². The highest BCUT2D eigenvalue weighted by molar-refractivity contribution is 6.03. The monoisotopic (exact) mass is 391 g/mol. The van der Waals surface area contributed by atoms with Crippen LogP contribution in [-0.4, -0.2) is 17.9 Å². The standard InChI is InChI=1S/C21H23F2NO4/c1-10(2)27-20(26)18-16(12-6-5-11(22)7-13(12)23)17-14(25)8-21(3,4)9-15(17)28-19(18)24/h5-7,10,16H,8-9,24H2,1-4H3/t16-/m1/s1. The van der Waals surface area contributed by atoms with E-state index in [0.717, 1.165) is 6.07 Å². The Morgan fingerprint density at radius 2 is 1.96 bits per heavy atom. The number of rotatable bonds is 3. The molecule has 1 aromatic carbocycles. The van der Waals surface area contributed by atoms with Crippen LogP contribution in [0.4, 0.5) is 8.78 Å². The Labute approximate surface area is 162 Å². The summed E-state index contributed by atoms with van der Waals surface area (Å²) in [6.07, 6.45) is 0.157. The predicted molar refractivity (Wildman–Crippen MR) is 97.7 cm³/mol. The molecule has 1 aliphatic heterocycles. The average Bonchev–Trinajstić information content (AvgIpc) is 2.51. The molecule has 28 heavy (non-hydrogen) atoms. The molecule has 2 aliphatic rings. The van der Waals surface area contributed by atoms with Gasteiger partial charge in [0.25, 0.3) is 0 Å². The number of allylic oxidation sites excluding steroid dienone is 2. The van der Waals surface area contributed by atoms with Crippen molar-refractivity contribution in [1.82, 2.24) is 0 Å². The first-order valence-electron chi connectivity index (χ1n) is 9.10. The molecule has 0 radical (unpaired) electrons. The van der Waals surface area contributed by atoms with Crippen LogP contribution in [0.5, 0.6) is 0 Å². The number of hydrogen-bond acceptors (Lipinski definition) is 5. The number of benzene rings is 1. The van der Waals surface area contributed by atoms with Crippen molar-refractivity contribution in [1.29, 1.82) is 0 Å². The molecule has 0 aromatic heterocycles. The van der Waals surface area contributed by atoms with E-state index in [1.54, 1.807) is 13.8 Å². The van der Waals surface area contributed by atoms with Gasteiger partial charge in [-0.3, -0.25) is 4.79 Å². The molecule has 0 spiro atoms. The summed E-state index contributed by atoms with van der Waals surface area (Å²) in [7, 11) is 0. The summed E-state index contributed by atoms with van der Waals surface area (Å²) in [5, 5.41) is 0. The second-order valence-corrected chi connectivity index (χ2v) is 8.21. The van der Waals surface area contributed by atoms with Crippen molar-refractivity contribution in [3.05, 3.63) is 58.2 Å². The zero-order valence-corrected chi connectivity index (χ0v) is 16.3. The van der Waals surface area contributed by atoms with Crippen LogP contribution in [-0.2, 0) is 19.1 Å². The Balaban J connectivity index is 2.21. The lowest BCUT2D eigenvalue weighted by Crippen LogP contribution is -2.36. The maximum Gasteiger partial charge on any atom is 0.340 e. The van der Waals surface area contributed by atoms with Crippen LogP contribution in [0.15, 0.2) is 41.0 Å². The van der Waals surface area contributed by atoms with Crippen LogP contribution in [0, 0.1) is 17.0 Å². The Kier molecular flexibility index (Phi) is 5.04. The number of ketones is 1. The third kappa shape index (κ3) is 3.66. The first-order chi connectivity index (χ1) is 13.0. The fourth-order valence-electron chi connectivity index (χ4n) is 3.71. The van der Waals surface area contributed by atoms with E-state index in [1.165, 1.54) is 6.07 Å². The molecule has 2 N–H and O–H groups in total. The first-order valence-corrected chi connectivity index (χ1v) is 9.10. The van der Waals surface area contributed by atoms with Crippen LogP contribution in [0.25, 0.3) is 0 Å². The fourth-order valence-corrected chi connectivity index (χ4v) is 3.71. The number of carbonyl (C=O) groups excluding carboxylic acids is 2. The molecule has 0 saturated carbocycles. The summed E-state index contributed by atoms with van der Waals surface area (Å²) >= 11 is 0. The van der Waals surface area contributed by atoms with Gasteiger partial charge in [-0.15, -0.1) is 0 Å². The van der Waals surface area contributed by atoms with Crippen molar-refractivity contribution >= 4 is 11.8 Å². The number of ether oxygens (including phenoxy) is 2. The number of nitrogens with two attached hydrogens (primary N) is 1. The average molecular weight is 391 g/mol. The summed E-state index contributed by atoms with van der Waals surface area (Å²) in [5.41, 5.74) is 5.66. The Bertz CT molecular complexity index is 915. The fraction of sp³-hybridized carbons (Fsp3) is 0.429. The van der Waals surface area contributed by atoms with Crippen molar-refractivity contribution in [2.45, 2.75) is 52.6 Å². The molecule has 1 heterocycles. The van der Waals surface area contributed by atoms with Crippen molar-refractivity contribution in [3.63, 3.8) is 0 Å². The summed E-state index contributed by atoms with van der Waals surface area (Å²) < 4.78 is 39.0.